The molecule has 0 amide bonds. The molecule has 0 heterocycles. The van der Waals surface area contributed by atoms with Crippen molar-refractivity contribution in [1.29, 1.82) is 0 Å². The molecule has 104 valence electrons. The Balaban J connectivity index is 2.39. The standard InChI is InChI=1S/C14H13ClN2O3/c15-11-5-6-14(17(19)20)13(9-11)16-12-4-2-1-3-10(12)7-8-18/h1-6,9,16,18H,7-8H2. The Kier molecular flexibility index (Phi) is 4.55. The second kappa shape index (κ2) is 6.36. The van der Waals surface area contributed by atoms with Crippen molar-refractivity contribution in [2.75, 3.05) is 11.9 Å². The van der Waals surface area contributed by atoms with Crippen LogP contribution in [0.4, 0.5) is 17.1 Å². The minimum absolute atomic E-state index is 0.0103. The van der Waals surface area contributed by atoms with Crippen LogP contribution in [0.1, 0.15) is 5.56 Å². The number of nitro benzene ring substituents is 1. The molecule has 0 atom stereocenters. The summed E-state index contributed by atoms with van der Waals surface area (Å²) in [5.41, 5.74) is 1.87. The van der Waals surface area contributed by atoms with E-state index in [2.05, 4.69) is 5.32 Å². The van der Waals surface area contributed by atoms with Crippen molar-refractivity contribution in [1.82, 2.24) is 0 Å². The van der Waals surface area contributed by atoms with Crippen molar-refractivity contribution in [3.8, 4) is 0 Å². The van der Waals surface area contributed by atoms with E-state index in [1.54, 1.807) is 6.07 Å². The van der Waals surface area contributed by atoms with Gasteiger partial charge in [0, 0.05) is 23.4 Å². The lowest BCUT2D eigenvalue weighted by atomic mass is 10.1. The Hall–Kier alpha value is -2.11. The summed E-state index contributed by atoms with van der Waals surface area (Å²) in [6.45, 7) is 0.0103. The number of nitro groups is 1. The normalized spacial score (nSPS) is 10.3. The van der Waals surface area contributed by atoms with Crippen LogP contribution in [-0.4, -0.2) is 16.6 Å². The van der Waals surface area contributed by atoms with Crippen LogP contribution in [0.2, 0.25) is 5.02 Å². The summed E-state index contributed by atoms with van der Waals surface area (Å²) in [6, 6.07) is 11.7. The number of aliphatic hydroxyl groups is 1. The number of nitrogens with one attached hydrogen (secondary N) is 1. The maximum absolute atomic E-state index is 11.0. The van der Waals surface area contributed by atoms with Crippen molar-refractivity contribution < 1.29 is 10.0 Å². The average Bonchev–Trinajstić information content (AvgIpc) is 2.41. The van der Waals surface area contributed by atoms with E-state index in [0.29, 0.717) is 22.8 Å². The van der Waals surface area contributed by atoms with Crippen molar-refractivity contribution >= 4 is 28.7 Å². The summed E-state index contributed by atoms with van der Waals surface area (Å²) in [7, 11) is 0. The third-order valence-corrected chi connectivity index (χ3v) is 3.06. The summed E-state index contributed by atoms with van der Waals surface area (Å²) < 4.78 is 0. The summed E-state index contributed by atoms with van der Waals surface area (Å²) >= 11 is 5.89. The fourth-order valence-electron chi connectivity index (χ4n) is 1.89. The van der Waals surface area contributed by atoms with Gasteiger partial charge in [-0.15, -0.1) is 0 Å². The van der Waals surface area contributed by atoms with Crippen molar-refractivity contribution in [2.45, 2.75) is 6.42 Å². The van der Waals surface area contributed by atoms with Crippen LogP contribution in [0.15, 0.2) is 42.5 Å². The molecule has 2 aromatic rings. The highest BCUT2D eigenvalue weighted by atomic mass is 35.5. The maximum Gasteiger partial charge on any atom is 0.292 e. The molecule has 2 aromatic carbocycles. The van der Waals surface area contributed by atoms with E-state index < -0.39 is 4.92 Å². The van der Waals surface area contributed by atoms with Crippen LogP contribution < -0.4 is 5.32 Å². The molecule has 0 bridgehead atoms. The summed E-state index contributed by atoms with van der Waals surface area (Å²) in [5, 5.41) is 23.5. The number of rotatable bonds is 5. The van der Waals surface area contributed by atoms with Gasteiger partial charge in [0.1, 0.15) is 5.69 Å². The van der Waals surface area contributed by atoms with E-state index in [4.69, 9.17) is 16.7 Å². The van der Waals surface area contributed by atoms with Crippen molar-refractivity contribution in [3.05, 3.63) is 63.2 Å². The van der Waals surface area contributed by atoms with Crippen molar-refractivity contribution in [3.63, 3.8) is 0 Å². The molecule has 2 rings (SSSR count). The van der Waals surface area contributed by atoms with Crippen LogP contribution in [-0.2, 0) is 6.42 Å². The molecule has 0 unspecified atom stereocenters. The molecule has 2 N–H and O–H groups in total. The molecule has 20 heavy (non-hydrogen) atoms. The van der Waals surface area contributed by atoms with Gasteiger partial charge in [-0.05, 0) is 30.2 Å². The molecular formula is C14H13ClN2O3. The molecule has 0 aliphatic carbocycles. The van der Waals surface area contributed by atoms with Crippen LogP contribution >= 0.6 is 11.6 Å². The number of hydrogen-bond acceptors (Lipinski definition) is 4. The first-order valence-electron chi connectivity index (χ1n) is 6.01. The zero-order valence-electron chi connectivity index (χ0n) is 10.5. The lowest BCUT2D eigenvalue weighted by Crippen LogP contribution is -2.01. The molecule has 0 aliphatic rings. The minimum atomic E-state index is -0.465. The number of aliphatic hydroxyl groups excluding tert-OH is 1. The Bertz CT molecular complexity index is 632. The van der Waals surface area contributed by atoms with E-state index in [1.165, 1.54) is 18.2 Å². The van der Waals surface area contributed by atoms with E-state index >= 15 is 0 Å². The fraction of sp³-hybridized carbons (Fsp3) is 0.143. The molecule has 0 saturated heterocycles. The number of nitrogens with zero attached hydrogens (tertiary/aromatic N) is 1. The first-order chi connectivity index (χ1) is 9.61. The zero-order chi connectivity index (χ0) is 14.5. The van der Waals surface area contributed by atoms with Crippen LogP contribution in [0.25, 0.3) is 0 Å². The van der Waals surface area contributed by atoms with Gasteiger partial charge in [0.05, 0.1) is 4.92 Å². The SMILES string of the molecule is O=[N+]([O-])c1ccc(Cl)cc1Nc1ccccc1CCO. The van der Waals surface area contributed by atoms with Gasteiger partial charge in [-0.1, -0.05) is 29.8 Å². The Morgan fingerprint density at radius 1 is 1.20 bits per heavy atom. The number of hydrogen-bond donors (Lipinski definition) is 2. The zero-order valence-corrected chi connectivity index (χ0v) is 11.3. The third-order valence-electron chi connectivity index (χ3n) is 2.82. The average molecular weight is 293 g/mol. The van der Waals surface area contributed by atoms with Gasteiger partial charge in [0.25, 0.3) is 5.69 Å². The van der Waals surface area contributed by atoms with Gasteiger partial charge in [-0.3, -0.25) is 10.1 Å². The van der Waals surface area contributed by atoms with E-state index in [9.17, 15) is 10.1 Å². The molecule has 0 saturated carbocycles. The molecular weight excluding hydrogens is 280 g/mol. The lowest BCUT2D eigenvalue weighted by Gasteiger charge is -2.11. The van der Waals surface area contributed by atoms with Gasteiger partial charge < -0.3 is 10.4 Å². The molecule has 6 heteroatoms. The molecule has 0 aromatic heterocycles. The van der Waals surface area contributed by atoms with Gasteiger partial charge in [0.15, 0.2) is 0 Å². The van der Waals surface area contributed by atoms with E-state index in [0.717, 1.165) is 5.56 Å². The number of halogens is 1. The highest BCUT2D eigenvalue weighted by Gasteiger charge is 2.15. The van der Waals surface area contributed by atoms with Gasteiger partial charge >= 0.3 is 0 Å². The highest BCUT2D eigenvalue weighted by Crippen LogP contribution is 2.31. The summed E-state index contributed by atoms with van der Waals surface area (Å²) in [5.74, 6) is 0. The third kappa shape index (κ3) is 3.26. The predicted molar refractivity (Wildman–Crippen MR) is 78.6 cm³/mol. The van der Waals surface area contributed by atoms with Crippen LogP contribution in [0, 0.1) is 10.1 Å². The Morgan fingerprint density at radius 2 is 1.95 bits per heavy atom. The minimum Gasteiger partial charge on any atom is -0.396 e. The van der Waals surface area contributed by atoms with Crippen LogP contribution in [0.5, 0.6) is 0 Å². The monoisotopic (exact) mass is 292 g/mol. The predicted octanol–water partition coefficient (Wildman–Crippen LogP) is 3.53. The smallest absolute Gasteiger partial charge is 0.292 e. The second-order valence-corrected chi connectivity index (χ2v) is 4.61. The highest BCUT2D eigenvalue weighted by molar-refractivity contribution is 6.31. The van der Waals surface area contributed by atoms with Gasteiger partial charge in [-0.25, -0.2) is 0 Å². The summed E-state index contributed by atoms with van der Waals surface area (Å²) in [6.07, 6.45) is 0.470. The first kappa shape index (κ1) is 14.3. The molecule has 0 fully saturated rings. The Labute approximate surface area is 121 Å². The largest absolute Gasteiger partial charge is 0.396 e. The van der Waals surface area contributed by atoms with E-state index in [-0.39, 0.29) is 12.3 Å². The topological polar surface area (TPSA) is 75.4 Å². The Morgan fingerprint density at radius 3 is 2.65 bits per heavy atom. The quantitative estimate of drug-likeness (QED) is 0.653. The lowest BCUT2D eigenvalue weighted by molar-refractivity contribution is -0.383. The van der Waals surface area contributed by atoms with Crippen LogP contribution in [0.3, 0.4) is 0 Å². The van der Waals surface area contributed by atoms with Crippen molar-refractivity contribution in [2.24, 2.45) is 0 Å². The maximum atomic E-state index is 11.0. The molecule has 0 radical (unpaired) electrons. The molecule has 5 nitrogen and oxygen atoms in total. The van der Waals surface area contributed by atoms with Gasteiger partial charge in [-0.2, -0.15) is 0 Å². The second-order valence-electron chi connectivity index (χ2n) is 4.17. The number of anilines is 2. The summed E-state index contributed by atoms with van der Waals surface area (Å²) in [4.78, 5) is 10.6. The van der Waals surface area contributed by atoms with E-state index in [1.807, 2.05) is 18.2 Å². The number of benzene rings is 2. The first-order valence-corrected chi connectivity index (χ1v) is 6.39. The number of para-hydroxylation sites is 1. The fourth-order valence-corrected chi connectivity index (χ4v) is 2.07. The van der Waals surface area contributed by atoms with Gasteiger partial charge in [0.2, 0.25) is 0 Å². The molecule has 0 aliphatic heterocycles. The molecule has 0 spiro atoms.